The van der Waals surface area contributed by atoms with Crippen LogP contribution in [0.3, 0.4) is 0 Å². The van der Waals surface area contributed by atoms with Crippen LogP contribution in [0.25, 0.3) is 0 Å². The molecule has 2 aromatic rings. The molecule has 1 aromatic heterocycles. The average Bonchev–Trinajstić information content (AvgIpc) is 3.23. The maximum absolute atomic E-state index is 12.7. The van der Waals surface area contributed by atoms with Crippen molar-refractivity contribution < 1.29 is 9.59 Å². The van der Waals surface area contributed by atoms with Gasteiger partial charge in [0.1, 0.15) is 23.5 Å². The fourth-order valence-corrected chi connectivity index (χ4v) is 5.27. The molecule has 3 heterocycles. The first-order chi connectivity index (χ1) is 12.8. The summed E-state index contributed by atoms with van der Waals surface area (Å²) in [6.07, 6.45) is 0. The lowest BCUT2D eigenvalue weighted by molar-refractivity contribution is -0.152. The summed E-state index contributed by atoms with van der Waals surface area (Å²) in [6.45, 7) is 4.03. The molecule has 0 bridgehead atoms. The SMILES string of the molecule is CC1(C)S[C@@H]2C(NC(=O)[C@H](N)c3ccc(Cl)cc3)C(=O)N2C1c1nn[nH]n1. The normalized spacial score (nSPS) is 27.0. The van der Waals surface area contributed by atoms with Crippen molar-refractivity contribution in [1.82, 2.24) is 30.8 Å². The second kappa shape index (κ2) is 6.47. The molecule has 2 fully saturated rings. The second-order valence-electron chi connectivity index (χ2n) is 7.05. The number of nitrogens with two attached hydrogens (primary N) is 1. The molecule has 4 N–H and O–H groups in total. The summed E-state index contributed by atoms with van der Waals surface area (Å²) in [4.78, 5) is 27.0. The van der Waals surface area contributed by atoms with Crippen LogP contribution in [-0.4, -0.2) is 53.5 Å². The highest BCUT2D eigenvalue weighted by Crippen LogP contribution is 2.56. The molecule has 4 atom stereocenters. The van der Waals surface area contributed by atoms with Gasteiger partial charge in [0.25, 0.3) is 0 Å². The van der Waals surface area contributed by atoms with E-state index in [2.05, 4.69) is 25.9 Å². The highest BCUT2D eigenvalue weighted by atomic mass is 35.5. The van der Waals surface area contributed by atoms with Gasteiger partial charge in [0.05, 0.1) is 0 Å². The van der Waals surface area contributed by atoms with Gasteiger partial charge in [-0.25, -0.2) is 0 Å². The summed E-state index contributed by atoms with van der Waals surface area (Å²) in [6, 6.07) is 4.92. The molecule has 0 saturated carbocycles. The Morgan fingerprint density at radius 1 is 1.41 bits per heavy atom. The first kappa shape index (κ1) is 18.2. The third kappa shape index (κ3) is 2.97. The van der Waals surface area contributed by atoms with Crippen molar-refractivity contribution in [2.45, 2.75) is 42.1 Å². The zero-order valence-electron chi connectivity index (χ0n) is 14.6. The molecule has 0 aliphatic carbocycles. The lowest BCUT2D eigenvalue weighted by atomic mass is 9.95. The van der Waals surface area contributed by atoms with Gasteiger partial charge in [-0.15, -0.1) is 22.0 Å². The molecular weight excluding hydrogens is 390 g/mol. The van der Waals surface area contributed by atoms with E-state index in [1.807, 2.05) is 13.8 Å². The van der Waals surface area contributed by atoms with Crippen molar-refractivity contribution >= 4 is 35.2 Å². The average molecular weight is 408 g/mol. The van der Waals surface area contributed by atoms with Crippen molar-refractivity contribution in [1.29, 1.82) is 0 Å². The summed E-state index contributed by atoms with van der Waals surface area (Å²) in [5.74, 6) is -0.118. The summed E-state index contributed by atoms with van der Waals surface area (Å²) < 4.78 is -0.317. The Kier molecular flexibility index (Phi) is 4.36. The predicted molar refractivity (Wildman–Crippen MR) is 99.5 cm³/mol. The number of benzene rings is 1. The quantitative estimate of drug-likeness (QED) is 0.638. The van der Waals surface area contributed by atoms with Gasteiger partial charge in [-0.1, -0.05) is 28.9 Å². The van der Waals surface area contributed by atoms with E-state index in [-0.39, 0.29) is 22.1 Å². The number of rotatable bonds is 4. The number of hydrogen-bond acceptors (Lipinski definition) is 7. The number of nitrogens with one attached hydrogen (secondary N) is 2. The van der Waals surface area contributed by atoms with Gasteiger partial charge in [-0.2, -0.15) is 5.21 Å². The Hall–Kier alpha value is -2.17. The Balaban J connectivity index is 1.48. The number of aromatic amines is 1. The summed E-state index contributed by atoms with van der Waals surface area (Å²) in [5.41, 5.74) is 6.67. The van der Waals surface area contributed by atoms with Crippen LogP contribution in [0.15, 0.2) is 24.3 Å². The number of carbonyl (C=O) groups excluding carboxylic acids is 2. The minimum atomic E-state index is -0.878. The zero-order chi connectivity index (χ0) is 19.3. The van der Waals surface area contributed by atoms with Gasteiger partial charge in [-0.05, 0) is 31.5 Å². The van der Waals surface area contributed by atoms with E-state index in [1.54, 1.807) is 40.9 Å². The molecule has 9 nitrogen and oxygen atoms in total. The molecule has 2 unspecified atom stereocenters. The predicted octanol–water partition coefficient (Wildman–Crippen LogP) is 0.773. The number of carbonyl (C=O) groups is 2. The monoisotopic (exact) mass is 407 g/mol. The minimum Gasteiger partial charge on any atom is -0.340 e. The first-order valence-electron chi connectivity index (χ1n) is 8.34. The number of amides is 2. The molecule has 142 valence electrons. The first-order valence-corrected chi connectivity index (χ1v) is 9.60. The number of halogens is 1. The van der Waals surface area contributed by atoms with Crippen LogP contribution in [0, 0.1) is 0 Å². The standard InChI is InChI=1S/C16H18ClN7O2S/c1-16(2)11(12-20-22-23-21-12)24-14(26)10(15(24)27-16)19-13(25)9(18)7-3-5-8(17)6-4-7/h3-6,9-11,15H,18H2,1-2H3,(H,19,25)(H,20,21,22,23)/t9-,10?,11?,15-/m1/s1. The Labute approximate surface area is 164 Å². The highest BCUT2D eigenvalue weighted by molar-refractivity contribution is 8.01. The molecule has 4 rings (SSSR count). The van der Waals surface area contributed by atoms with Crippen molar-refractivity contribution in [3.63, 3.8) is 0 Å². The summed E-state index contributed by atoms with van der Waals surface area (Å²) in [7, 11) is 0. The molecule has 27 heavy (non-hydrogen) atoms. The fourth-order valence-electron chi connectivity index (χ4n) is 3.51. The smallest absolute Gasteiger partial charge is 0.249 e. The summed E-state index contributed by atoms with van der Waals surface area (Å²) >= 11 is 7.46. The molecule has 11 heteroatoms. The number of β-lactam (4-membered cyclic amide) rings is 1. The number of nitrogens with zero attached hydrogens (tertiary/aromatic N) is 4. The van der Waals surface area contributed by atoms with Crippen LogP contribution in [0.4, 0.5) is 0 Å². The molecule has 2 aliphatic heterocycles. The van der Waals surface area contributed by atoms with Crippen LogP contribution in [-0.2, 0) is 9.59 Å². The molecule has 2 saturated heterocycles. The van der Waals surface area contributed by atoms with Crippen molar-refractivity contribution in [2.75, 3.05) is 0 Å². The van der Waals surface area contributed by atoms with Crippen molar-refractivity contribution in [3.8, 4) is 0 Å². The lowest BCUT2D eigenvalue weighted by Gasteiger charge is -2.44. The van der Waals surface area contributed by atoms with E-state index >= 15 is 0 Å². The van der Waals surface area contributed by atoms with E-state index in [1.165, 1.54) is 0 Å². The van der Waals surface area contributed by atoms with Gasteiger partial charge in [-0.3, -0.25) is 9.59 Å². The summed E-state index contributed by atoms with van der Waals surface area (Å²) in [5, 5.41) is 17.2. The Bertz CT molecular complexity index is 873. The van der Waals surface area contributed by atoms with Crippen LogP contribution in [0.1, 0.15) is 37.3 Å². The highest BCUT2D eigenvalue weighted by Gasteiger charge is 2.63. The van der Waals surface area contributed by atoms with Crippen LogP contribution < -0.4 is 11.1 Å². The van der Waals surface area contributed by atoms with E-state index in [0.717, 1.165) is 0 Å². The van der Waals surface area contributed by atoms with Gasteiger partial charge in [0.2, 0.25) is 11.8 Å². The topological polar surface area (TPSA) is 130 Å². The molecular formula is C16H18ClN7O2S. The maximum atomic E-state index is 12.7. The number of H-pyrrole nitrogens is 1. The molecule has 2 amide bonds. The number of tetrazole rings is 1. The molecule has 1 aromatic carbocycles. The van der Waals surface area contributed by atoms with Gasteiger partial charge < -0.3 is 16.0 Å². The van der Waals surface area contributed by atoms with Gasteiger partial charge in [0, 0.05) is 9.77 Å². The largest absolute Gasteiger partial charge is 0.340 e. The number of hydrogen-bond donors (Lipinski definition) is 3. The number of thioether (sulfide) groups is 1. The maximum Gasteiger partial charge on any atom is 0.249 e. The third-order valence-corrected chi connectivity index (χ3v) is 6.68. The van der Waals surface area contributed by atoms with Crippen molar-refractivity contribution in [2.24, 2.45) is 5.73 Å². The number of fused-ring (bicyclic) bond motifs is 1. The van der Waals surface area contributed by atoms with Crippen LogP contribution in [0.5, 0.6) is 0 Å². The molecule has 0 spiro atoms. The zero-order valence-corrected chi connectivity index (χ0v) is 16.2. The Morgan fingerprint density at radius 3 is 2.74 bits per heavy atom. The lowest BCUT2D eigenvalue weighted by Crippen LogP contribution is -2.68. The third-order valence-electron chi connectivity index (χ3n) is 4.86. The second-order valence-corrected chi connectivity index (χ2v) is 9.25. The van der Waals surface area contributed by atoms with E-state index in [4.69, 9.17) is 17.3 Å². The number of aromatic nitrogens is 4. The van der Waals surface area contributed by atoms with Crippen LogP contribution in [0.2, 0.25) is 5.02 Å². The van der Waals surface area contributed by atoms with E-state index < -0.39 is 18.0 Å². The Morgan fingerprint density at radius 2 is 2.11 bits per heavy atom. The minimum absolute atomic E-state index is 0.176. The van der Waals surface area contributed by atoms with Crippen molar-refractivity contribution in [3.05, 3.63) is 40.7 Å². The molecule has 0 radical (unpaired) electrons. The molecule has 2 aliphatic rings. The van der Waals surface area contributed by atoms with E-state index in [0.29, 0.717) is 16.4 Å². The van der Waals surface area contributed by atoms with E-state index in [9.17, 15) is 9.59 Å². The van der Waals surface area contributed by atoms with Crippen LogP contribution >= 0.6 is 23.4 Å². The van der Waals surface area contributed by atoms with Gasteiger partial charge >= 0.3 is 0 Å². The van der Waals surface area contributed by atoms with Gasteiger partial charge in [0.15, 0.2) is 5.82 Å². The fraction of sp³-hybridized carbons (Fsp3) is 0.438.